The van der Waals surface area contributed by atoms with Crippen molar-refractivity contribution in [2.24, 2.45) is 5.92 Å². The van der Waals surface area contributed by atoms with Crippen LogP contribution < -0.4 is 4.74 Å². The standard InChI is InChI=1S/C25H31NO/c1-27-21-10-11-22-20(17-21)18-24-23-9-5-6-13-25(22,23)14-16-26(24)15-12-19-7-3-2-4-8-19/h2-4,7-8,10-11,17,23-24H,5-6,9,12-16,18H2,1H3/t23-,24+,25-/m0/s1. The van der Waals surface area contributed by atoms with Gasteiger partial charge in [-0.25, -0.2) is 0 Å². The number of hydrogen-bond acceptors (Lipinski definition) is 2. The van der Waals surface area contributed by atoms with E-state index in [1.165, 1.54) is 63.6 Å². The highest BCUT2D eigenvalue weighted by Gasteiger charge is 2.53. The summed E-state index contributed by atoms with van der Waals surface area (Å²) in [6.07, 6.45) is 9.33. The summed E-state index contributed by atoms with van der Waals surface area (Å²) in [5.41, 5.74) is 5.12. The highest BCUT2D eigenvalue weighted by molar-refractivity contribution is 5.45. The van der Waals surface area contributed by atoms with E-state index in [0.29, 0.717) is 11.5 Å². The van der Waals surface area contributed by atoms with Gasteiger partial charge in [-0.1, -0.05) is 49.2 Å². The number of piperidine rings is 1. The van der Waals surface area contributed by atoms with Gasteiger partial charge in [0.25, 0.3) is 0 Å². The molecule has 1 aliphatic heterocycles. The van der Waals surface area contributed by atoms with Crippen molar-refractivity contribution in [2.75, 3.05) is 20.2 Å². The van der Waals surface area contributed by atoms with Crippen LogP contribution in [0.4, 0.5) is 0 Å². The molecule has 142 valence electrons. The highest BCUT2D eigenvalue weighted by Crippen LogP contribution is 2.56. The molecule has 27 heavy (non-hydrogen) atoms. The zero-order chi connectivity index (χ0) is 18.3. The van der Waals surface area contributed by atoms with E-state index in [1.807, 2.05) is 0 Å². The second kappa shape index (κ2) is 6.98. The van der Waals surface area contributed by atoms with E-state index in [-0.39, 0.29) is 0 Å². The van der Waals surface area contributed by atoms with Crippen molar-refractivity contribution in [3.05, 3.63) is 65.2 Å². The Morgan fingerprint density at radius 3 is 2.81 bits per heavy atom. The molecule has 0 spiro atoms. The minimum atomic E-state index is 0.437. The first-order valence-corrected chi connectivity index (χ1v) is 10.8. The van der Waals surface area contributed by atoms with Crippen LogP contribution in [-0.2, 0) is 18.3 Å². The third-order valence-electron chi connectivity index (χ3n) is 7.68. The molecule has 0 aromatic heterocycles. The quantitative estimate of drug-likeness (QED) is 0.760. The molecule has 0 radical (unpaired) electrons. The number of ether oxygens (including phenoxy) is 1. The lowest BCUT2D eigenvalue weighted by molar-refractivity contribution is -0.0106. The van der Waals surface area contributed by atoms with Gasteiger partial charge in [0.05, 0.1) is 7.11 Å². The van der Waals surface area contributed by atoms with E-state index < -0.39 is 0 Å². The van der Waals surface area contributed by atoms with E-state index in [4.69, 9.17) is 4.74 Å². The molecule has 2 bridgehead atoms. The second-order valence-corrected chi connectivity index (χ2v) is 8.82. The summed E-state index contributed by atoms with van der Waals surface area (Å²) in [5.74, 6) is 1.87. The third kappa shape index (κ3) is 2.89. The van der Waals surface area contributed by atoms with Gasteiger partial charge in [-0.15, -0.1) is 0 Å². The van der Waals surface area contributed by atoms with Crippen LogP contribution in [0, 0.1) is 5.92 Å². The largest absolute Gasteiger partial charge is 0.497 e. The molecule has 3 aliphatic rings. The Balaban J connectivity index is 1.45. The normalized spacial score (nSPS) is 29.7. The predicted octanol–water partition coefficient (Wildman–Crippen LogP) is 5.00. The molecule has 0 unspecified atom stereocenters. The lowest BCUT2D eigenvalue weighted by Crippen LogP contribution is -2.61. The van der Waals surface area contributed by atoms with Gasteiger partial charge in [0.2, 0.25) is 0 Å². The lowest BCUT2D eigenvalue weighted by atomic mass is 9.52. The average Bonchev–Trinajstić information content (AvgIpc) is 2.73. The Morgan fingerprint density at radius 2 is 1.96 bits per heavy atom. The maximum atomic E-state index is 5.55. The molecule has 2 fully saturated rings. The molecule has 2 aromatic carbocycles. The molecule has 2 nitrogen and oxygen atoms in total. The summed E-state index contributed by atoms with van der Waals surface area (Å²) >= 11 is 0. The summed E-state index contributed by atoms with van der Waals surface area (Å²) in [7, 11) is 1.79. The SMILES string of the molecule is COc1ccc2c(c1)C[C@@H]1[C@@H]3CCCC[C@]23CCN1CCc1ccccc1. The monoisotopic (exact) mass is 361 g/mol. The van der Waals surface area contributed by atoms with Gasteiger partial charge in [0.15, 0.2) is 0 Å². The van der Waals surface area contributed by atoms with Crippen molar-refractivity contribution < 1.29 is 4.74 Å². The van der Waals surface area contributed by atoms with Crippen molar-refractivity contribution in [2.45, 2.75) is 56.4 Å². The second-order valence-electron chi connectivity index (χ2n) is 8.82. The van der Waals surface area contributed by atoms with E-state index in [0.717, 1.165) is 11.7 Å². The summed E-state index contributed by atoms with van der Waals surface area (Å²) in [6, 6.07) is 18.6. The van der Waals surface area contributed by atoms with E-state index >= 15 is 0 Å². The Hall–Kier alpha value is -1.80. The van der Waals surface area contributed by atoms with E-state index in [9.17, 15) is 0 Å². The number of hydrogen-bond donors (Lipinski definition) is 0. The van der Waals surface area contributed by atoms with Crippen LogP contribution in [0.15, 0.2) is 48.5 Å². The zero-order valence-electron chi connectivity index (χ0n) is 16.5. The fraction of sp³-hybridized carbons (Fsp3) is 0.520. The van der Waals surface area contributed by atoms with Crippen LogP contribution in [0.5, 0.6) is 5.75 Å². The number of fused-ring (bicyclic) bond motifs is 1. The molecule has 2 heteroatoms. The summed E-state index contributed by atoms with van der Waals surface area (Å²) in [6.45, 7) is 2.46. The number of nitrogens with zero attached hydrogens (tertiary/aromatic N) is 1. The van der Waals surface area contributed by atoms with Gasteiger partial charge >= 0.3 is 0 Å². The van der Waals surface area contributed by atoms with Gasteiger partial charge < -0.3 is 4.74 Å². The van der Waals surface area contributed by atoms with Crippen LogP contribution in [-0.4, -0.2) is 31.1 Å². The fourth-order valence-electron chi connectivity index (χ4n) is 6.41. The van der Waals surface area contributed by atoms with Crippen LogP contribution in [0.1, 0.15) is 48.8 Å². The van der Waals surface area contributed by atoms with Gasteiger partial charge in [-0.3, -0.25) is 4.90 Å². The number of rotatable bonds is 4. The number of benzene rings is 2. The van der Waals surface area contributed by atoms with Crippen LogP contribution >= 0.6 is 0 Å². The summed E-state index contributed by atoms with van der Waals surface area (Å²) in [5, 5.41) is 0. The van der Waals surface area contributed by atoms with Gasteiger partial charge in [0.1, 0.15) is 5.75 Å². The van der Waals surface area contributed by atoms with Crippen molar-refractivity contribution in [1.82, 2.24) is 4.90 Å². The topological polar surface area (TPSA) is 12.5 Å². The minimum Gasteiger partial charge on any atom is -0.497 e. The van der Waals surface area contributed by atoms with Crippen LogP contribution in [0.2, 0.25) is 0 Å². The van der Waals surface area contributed by atoms with Crippen LogP contribution in [0.25, 0.3) is 0 Å². The third-order valence-corrected chi connectivity index (χ3v) is 7.68. The molecular formula is C25H31NO. The molecular weight excluding hydrogens is 330 g/mol. The van der Waals surface area contributed by atoms with Gasteiger partial charge in [0, 0.05) is 18.0 Å². The zero-order valence-corrected chi connectivity index (χ0v) is 16.5. The Kier molecular flexibility index (Phi) is 4.47. The summed E-state index contributed by atoms with van der Waals surface area (Å²) < 4.78 is 5.55. The average molecular weight is 362 g/mol. The first kappa shape index (κ1) is 17.3. The fourth-order valence-corrected chi connectivity index (χ4v) is 6.41. The van der Waals surface area contributed by atoms with Crippen LogP contribution in [0.3, 0.4) is 0 Å². The number of methoxy groups -OCH3 is 1. The predicted molar refractivity (Wildman–Crippen MR) is 110 cm³/mol. The van der Waals surface area contributed by atoms with Gasteiger partial charge in [-0.05, 0) is 73.4 Å². The first-order valence-electron chi connectivity index (χ1n) is 10.8. The van der Waals surface area contributed by atoms with E-state index in [2.05, 4.69) is 53.4 Å². The molecule has 5 rings (SSSR count). The molecule has 0 N–H and O–H groups in total. The molecule has 1 saturated carbocycles. The Morgan fingerprint density at radius 1 is 1.07 bits per heavy atom. The van der Waals surface area contributed by atoms with E-state index in [1.54, 1.807) is 18.2 Å². The van der Waals surface area contributed by atoms with Crippen molar-refractivity contribution in [1.29, 1.82) is 0 Å². The lowest BCUT2D eigenvalue weighted by Gasteiger charge is -2.59. The van der Waals surface area contributed by atoms with Gasteiger partial charge in [-0.2, -0.15) is 0 Å². The maximum Gasteiger partial charge on any atom is 0.119 e. The molecule has 3 atom stereocenters. The Labute approximate surface area is 163 Å². The molecule has 2 aliphatic carbocycles. The smallest absolute Gasteiger partial charge is 0.119 e. The summed E-state index contributed by atoms with van der Waals surface area (Å²) in [4.78, 5) is 2.82. The van der Waals surface area contributed by atoms with Crippen molar-refractivity contribution in [3.8, 4) is 5.75 Å². The molecule has 0 amide bonds. The Bertz CT molecular complexity index is 801. The molecule has 1 heterocycles. The maximum absolute atomic E-state index is 5.55. The van der Waals surface area contributed by atoms with Crippen molar-refractivity contribution >= 4 is 0 Å². The van der Waals surface area contributed by atoms with Crippen molar-refractivity contribution in [3.63, 3.8) is 0 Å². The molecule has 1 saturated heterocycles. The molecule has 2 aromatic rings. The first-order chi connectivity index (χ1) is 13.3. The number of likely N-dealkylation sites (tertiary alicyclic amines) is 1. The highest BCUT2D eigenvalue weighted by atomic mass is 16.5. The minimum absolute atomic E-state index is 0.437.